The Morgan fingerprint density at radius 1 is 1.38 bits per heavy atom. The van der Waals surface area contributed by atoms with Crippen LogP contribution in [-0.4, -0.2) is 52.9 Å². The first-order valence-corrected chi connectivity index (χ1v) is 7.43. The molecule has 1 aliphatic rings. The van der Waals surface area contributed by atoms with Gasteiger partial charge in [0.05, 0.1) is 11.2 Å². The number of rotatable bonds is 6. The van der Waals surface area contributed by atoms with Gasteiger partial charge in [0.2, 0.25) is 0 Å². The van der Waals surface area contributed by atoms with E-state index in [1.54, 1.807) is 18.2 Å². The van der Waals surface area contributed by atoms with Gasteiger partial charge in [-0.25, -0.2) is 4.79 Å². The van der Waals surface area contributed by atoms with E-state index in [2.05, 4.69) is 4.90 Å². The topological polar surface area (TPSA) is 70.0 Å². The third kappa shape index (κ3) is 4.44. The van der Waals surface area contributed by atoms with E-state index in [0.29, 0.717) is 12.4 Å². The molecule has 5 nitrogen and oxygen atoms in total. The van der Waals surface area contributed by atoms with Crippen LogP contribution in [0, 0.1) is 0 Å². The second-order valence-corrected chi connectivity index (χ2v) is 5.60. The molecule has 0 amide bonds. The molecule has 0 saturated carbocycles. The van der Waals surface area contributed by atoms with Crippen molar-refractivity contribution in [2.24, 2.45) is 0 Å². The Bertz CT molecular complexity index is 481. The molecule has 0 unspecified atom stereocenters. The molecule has 1 aromatic rings. The average Bonchev–Trinajstić information content (AvgIpc) is 2.50. The SMILES string of the molecule is CCC1(O)CCN(CCOc2cccc(C(=O)O)c2)CC1. The fraction of sp³-hybridized carbons (Fsp3) is 0.562. The van der Waals surface area contributed by atoms with Gasteiger partial charge in [-0.3, -0.25) is 4.90 Å². The lowest BCUT2D eigenvalue weighted by molar-refractivity contribution is -0.0257. The summed E-state index contributed by atoms with van der Waals surface area (Å²) in [5.41, 5.74) is -0.258. The third-order valence-electron chi connectivity index (χ3n) is 4.20. The standard InChI is InChI=1S/C16H23NO4/c1-2-16(20)6-8-17(9-7-16)10-11-21-14-5-3-4-13(12-14)15(18)19/h3-5,12,20H,2,6-11H2,1H3,(H,18,19). The van der Waals surface area contributed by atoms with Gasteiger partial charge in [-0.1, -0.05) is 13.0 Å². The maximum atomic E-state index is 10.9. The molecule has 1 aromatic carbocycles. The van der Waals surface area contributed by atoms with Crippen LogP contribution in [0.2, 0.25) is 0 Å². The molecule has 1 aliphatic heterocycles. The number of piperidine rings is 1. The Balaban J connectivity index is 1.75. The first-order valence-electron chi connectivity index (χ1n) is 7.43. The summed E-state index contributed by atoms with van der Waals surface area (Å²) in [4.78, 5) is 13.1. The quantitative estimate of drug-likeness (QED) is 0.839. The minimum atomic E-state index is -0.949. The van der Waals surface area contributed by atoms with Crippen LogP contribution in [0.15, 0.2) is 24.3 Å². The molecule has 2 N–H and O–H groups in total. The molecule has 21 heavy (non-hydrogen) atoms. The summed E-state index contributed by atoms with van der Waals surface area (Å²) >= 11 is 0. The third-order valence-corrected chi connectivity index (χ3v) is 4.20. The van der Waals surface area contributed by atoms with Crippen LogP contribution < -0.4 is 4.74 Å². The van der Waals surface area contributed by atoms with Crippen molar-refractivity contribution in [3.8, 4) is 5.75 Å². The van der Waals surface area contributed by atoms with E-state index in [9.17, 15) is 9.90 Å². The maximum absolute atomic E-state index is 10.9. The molecule has 0 spiro atoms. The zero-order chi connectivity index (χ0) is 15.3. The highest BCUT2D eigenvalue weighted by molar-refractivity contribution is 5.87. The summed E-state index contributed by atoms with van der Waals surface area (Å²) in [5, 5.41) is 19.1. The van der Waals surface area contributed by atoms with Crippen LogP contribution >= 0.6 is 0 Å². The van der Waals surface area contributed by atoms with Gasteiger partial charge in [0.25, 0.3) is 0 Å². The Labute approximate surface area is 125 Å². The Morgan fingerprint density at radius 2 is 2.10 bits per heavy atom. The normalized spacial score (nSPS) is 18.4. The van der Waals surface area contributed by atoms with Gasteiger partial charge < -0.3 is 14.9 Å². The minimum absolute atomic E-state index is 0.235. The first kappa shape index (κ1) is 15.8. The molecule has 0 radical (unpaired) electrons. The largest absolute Gasteiger partial charge is 0.492 e. The zero-order valence-corrected chi connectivity index (χ0v) is 12.4. The molecule has 5 heteroatoms. The molecular weight excluding hydrogens is 270 g/mol. The number of likely N-dealkylation sites (tertiary alicyclic amines) is 1. The van der Waals surface area contributed by atoms with Crippen molar-refractivity contribution in [3.63, 3.8) is 0 Å². The van der Waals surface area contributed by atoms with E-state index in [1.807, 2.05) is 6.92 Å². The number of nitrogens with zero attached hydrogens (tertiary/aromatic N) is 1. The van der Waals surface area contributed by atoms with E-state index in [0.717, 1.165) is 38.9 Å². The summed E-state index contributed by atoms with van der Waals surface area (Å²) in [6.45, 7) is 5.09. The lowest BCUT2D eigenvalue weighted by Crippen LogP contribution is -2.45. The van der Waals surface area contributed by atoms with Gasteiger partial charge in [0.15, 0.2) is 0 Å². The molecule has 1 heterocycles. The second-order valence-electron chi connectivity index (χ2n) is 5.60. The summed E-state index contributed by atoms with van der Waals surface area (Å²) in [5.74, 6) is -0.368. The smallest absolute Gasteiger partial charge is 0.335 e. The van der Waals surface area contributed by atoms with Crippen LogP contribution in [0.25, 0.3) is 0 Å². The van der Waals surface area contributed by atoms with Crippen molar-refractivity contribution in [2.75, 3.05) is 26.2 Å². The molecule has 0 atom stereocenters. The van der Waals surface area contributed by atoms with Crippen LogP contribution in [-0.2, 0) is 0 Å². The highest BCUT2D eigenvalue weighted by Gasteiger charge is 2.29. The number of hydrogen-bond donors (Lipinski definition) is 2. The highest BCUT2D eigenvalue weighted by atomic mass is 16.5. The fourth-order valence-electron chi connectivity index (χ4n) is 2.56. The average molecular weight is 293 g/mol. The van der Waals surface area contributed by atoms with Gasteiger partial charge >= 0.3 is 5.97 Å². The monoisotopic (exact) mass is 293 g/mol. The maximum Gasteiger partial charge on any atom is 0.335 e. The van der Waals surface area contributed by atoms with Crippen LogP contribution in [0.3, 0.4) is 0 Å². The summed E-state index contributed by atoms with van der Waals surface area (Å²) < 4.78 is 5.61. The van der Waals surface area contributed by atoms with E-state index in [1.165, 1.54) is 6.07 Å². The first-order chi connectivity index (χ1) is 10.0. The van der Waals surface area contributed by atoms with Gasteiger partial charge in [-0.15, -0.1) is 0 Å². The number of ether oxygens (including phenoxy) is 1. The van der Waals surface area contributed by atoms with Crippen molar-refractivity contribution in [2.45, 2.75) is 31.8 Å². The van der Waals surface area contributed by atoms with Crippen molar-refractivity contribution < 1.29 is 19.7 Å². The Hall–Kier alpha value is -1.59. The van der Waals surface area contributed by atoms with E-state index in [-0.39, 0.29) is 5.56 Å². The predicted octanol–water partition coefficient (Wildman–Crippen LogP) is 2.00. The van der Waals surface area contributed by atoms with Gasteiger partial charge in [0.1, 0.15) is 12.4 Å². The Kier molecular flexibility index (Phi) is 5.20. The van der Waals surface area contributed by atoms with Crippen molar-refractivity contribution in [1.82, 2.24) is 4.90 Å². The van der Waals surface area contributed by atoms with Crippen molar-refractivity contribution in [1.29, 1.82) is 0 Å². The predicted molar refractivity (Wildman–Crippen MR) is 79.8 cm³/mol. The Morgan fingerprint density at radius 3 is 2.71 bits per heavy atom. The van der Waals surface area contributed by atoms with E-state index >= 15 is 0 Å². The molecule has 116 valence electrons. The molecule has 0 bridgehead atoms. The molecule has 0 aliphatic carbocycles. The number of hydrogen-bond acceptors (Lipinski definition) is 4. The van der Waals surface area contributed by atoms with Gasteiger partial charge in [-0.2, -0.15) is 0 Å². The van der Waals surface area contributed by atoms with Crippen LogP contribution in [0.4, 0.5) is 0 Å². The number of carbonyl (C=O) groups is 1. The number of aromatic carboxylic acids is 1. The minimum Gasteiger partial charge on any atom is -0.492 e. The van der Waals surface area contributed by atoms with Gasteiger partial charge in [-0.05, 0) is 37.5 Å². The molecular formula is C16H23NO4. The number of carboxylic acids is 1. The van der Waals surface area contributed by atoms with Crippen molar-refractivity contribution >= 4 is 5.97 Å². The molecule has 1 saturated heterocycles. The number of benzene rings is 1. The van der Waals surface area contributed by atoms with Crippen LogP contribution in [0.1, 0.15) is 36.5 Å². The van der Waals surface area contributed by atoms with E-state index in [4.69, 9.17) is 9.84 Å². The van der Waals surface area contributed by atoms with E-state index < -0.39 is 11.6 Å². The molecule has 2 rings (SSSR count). The number of carboxylic acid groups (broad SMARTS) is 1. The van der Waals surface area contributed by atoms with Gasteiger partial charge in [0, 0.05) is 19.6 Å². The summed E-state index contributed by atoms with van der Waals surface area (Å²) in [7, 11) is 0. The highest BCUT2D eigenvalue weighted by Crippen LogP contribution is 2.24. The molecule has 1 fully saturated rings. The fourth-order valence-corrected chi connectivity index (χ4v) is 2.56. The zero-order valence-electron chi connectivity index (χ0n) is 12.4. The van der Waals surface area contributed by atoms with Crippen LogP contribution in [0.5, 0.6) is 5.75 Å². The summed E-state index contributed by atoms with van der Waals surface area (Å²) in [6, 6.07) is 6.53. The lowest BCUT2D eigenvalue weighted by Gasteiger charge is -2.37. The lowest BCUT2D eigenvalue weighted by atomic mass is 9.89. The number of aliphatic hydroxyl groups is 1. The molecule has 0 aromatic heterocycles. The summed E-state index contributed by atoms with van der Waals surface area (Å²) in [6.07, 6.45) is 2.41. The second kappa shape index (κ2) is 6.91. The van der Waals surface area contributed by atoms with Crippen molar-refractivity contribution in [3.05, 3.63) is 29.8 Å².